The SMILES string of the molecule is C/C1=C(\C)C(=O)CCCCC1. The fourth-order valence-electron chi connectivity index (χ4n) is 1.47. The summed E-state index contributed by atoms with van der Waals surface area (Å²) in [7, 11) is 0. The van der Waals surface area contributed by atoms with Crippen molar-refractivity contribution in [2.45, 2.75) is 46.0 Å². The maximum atomic E-state index is 11.3. The lowest BCUT2D eigenvalue weighted by atomic mass is 9.94. The Kier molecular flexibility index (Phi) is 2.86. The normalized spacial score (nSPS) is 28.0. The summed E-state index contributed by atoms with van der Waals surface area (Å²) in [6.07, 6.45) is 5.46. The molecule has 0 amide bonds. The van der Waals surface area contributed by atoms with Crippen LogP contribution in [0.2, 0.25) is 0 Å². The van der Waals surface area contributed by atoms with E-state index in [-0.39, 0.29) is 0 Å². The van der Waals surface area contributed by atoms with Crippen molar-refractivity contribution in [2.24, 2.45) is 0 Å². The zero-order chi connectivity index (χ0) is 8.27. The molecule has 62 valence electrons. The van der Waals surface area contributed by atoms with Gasteiger partial charge in [-0.3, -0.25) is 4.79 Å². The maximum absolute atomic E-state index is 11.3. The molecule has 0 atom stereocenters. The van der Waals surface area contributed by atoms with Crippen molar-refractivity contribution in [3.63, 3.8) is 0 Å². The van der Waals surface area contributed by atoms with Gasteiger partial charge in [0.2, 0.25) is 0 Å². The molecule has 0 unspecified atom stereocenters. The van der Waals surface area contributed by atoms with Crippen LogP contribution in [0.25, 0.3) is 0 Å². The minimum Gasteiger partial charge on any atom is -0.295 e. The van der Waals surface area contributed by atoms with Gasteiger partial charge in [-0.15, -0.1) is 0 Å². The fraction of sp³-hybridized carbons (Fsp3) is 0.700. The summed E-state index contributed by atoms with van der Waals surface area (Å²) in [5.74, 6) is 0.363. The molecule has 1 aliphatic carbocycles. The molecule has 0 aromatic heterocycles. The van der Waals surface area contributed by atoms with Gasteiger partial charge in [0.25, 0.3) is 0 Å². The Labute approximate surface area is 68.5 Å². The third-order valence-electron chi connectivity index (χ3n) is 2.51. The quantitative estimate of drug-likeness (QED) is 0.521. The van der Waals surface area contributed by atoms with Crippen molar-refractivity contribution in [2.75, 3.05) is 0 Å². The van der Waals surface area contributed by atoms with Crippen molar-refractivity contribution in [1.29, 1.82) is 0 Å². The molecule has 0 saturated carbocycles. The monoisotopic (exact) mass is 152 g/mol. The number of hydrogen-bond donors (Lipinski definition) is 0. The molecule has 1 rings (SSSR count). The minimum atomic E-state index is 0.363. The summed E-state index contributed by atoms with van der Waals surface area (Å²) < 4.78 is 0. The molecular weight excluding hydrogens is 136 g/mol. The molecule has 0 saturated heterocycles. The van der Waals surface area contributed by atoms with Crippen LogP contribution < -0.4 is 0 Å². The first-order chi connectivity index (χ1) is 5.22. The Bertz CT molecular complexity index is 189. The first kappa shape index (κ1) is 8.51. The van der Waals surface area contributed by atoms with E-state index in [0.29, 0.717) is 5.78 Å². The highest BCUT2D eigenvalue weighted by molar-refractivity contribution is 5.95. The molecule has 1 nitrogen and oxygen atoms in total. The summed E-state index contributed by atoms with van der Waals surface area (Å²) in [5, 5.41) is 0. The van der Waals surface area contributed by atoms with Gasteiger partial charge in [0.15, 0.2) is 5.78 Å². The second kappa shape index (κ2) is 3.70. The maximum Gasteiger partial charge on any atom is 0.158 e. The van der Waals surface area contributed by atoms with Crippen molar-refractivity contribution >= 4 is 5.78 Å². The molecule has 0 N–H and O–H groups in total. The number of ketones is 1. The largest absolute Gasteiger partial charge is 0.295 e. The molecular formula is C10H16O. The van der Waals surface area contributed by atoms with Gasteiger partial charge in [-0.1, -0.05) is 12.0 Å². The average Bonchev–Trinajstić information content (AvgIpc) is 2.00. The predicted molar refractivity (Wildman–Crippen MR) is 46.5 cm³/mol. The van der Waals surface area contributed by atoms with Gasteiger partial charge in [0.05, 0.1) is 0 Å². The van der Waals surface area contributed by atoms with Crippen LogP contribution in [0.15, 0.2) is 11.1 Å². The second-order valence-corrected chi connectivity index (χ2v) is 3.39. The number of allylic oxidation sites excluding steroid dienone is 2. The van der Waals surface area contributed by atoms with Crippen LogP contribution in [-0.2, 0) is 4.79 Å². The van der Waals surface area contributed by atoms with Crippen LogP contribution >= 0.6 is 0 Å². The van der Waals surface area contributed by atoms with Crippen LogP contribution in [0.1, 0.15) is 46.0 Å². The molecule has 0 bridgehead atoms. The summed E-state index contributed by atoms with van der Waals surface area (Å²) in [5.41, 5.74) is 2.32. The van der Waals surface area contributed by atoms with E-state index in [1.54, 1.807) is 0 Å². The standard InChI is InChI=1S/C10H16O/c1-8-6-4-3-5-7-10(11)9(8)2/h3-7H2,1-2H3/b9-8-. The van der Waals surface area contributed by atoms with Gasteiger partial charge >= 0.3 is 0 Å². The summed E-state index contributed by atoms with van der Waals surface area (Å²) >= 11 is 0. The predicted octanol–water partition coefficient (Wildman–Crippen LogP) is 2.86. The highest BCUT2D eigenvalue weighted by Gasteiger charge is 2.10. The molecule has 0 radical (unpaired) electrons. The lowest BCUT2D eigenvalue weighted by Gasteiger charge is -2.10. The van der Waals surface area contributed by atoms with Gasteiger partial charge in [-0.25, -0.2) is 0 Å². The van der Waals surface area contributed by atoms with E-state index in [1.807, 2.05) is 6.92 Å². The van der Waals surface area contributed by atoms with Crippen LogP contribution in [0.3, 0.4) is 0 Å². The van der Waals surface area contributed by atoms with E-state index in [0.717, 1.165) is 24.8 Å². The van der Waals surface area contributed by atoms with Crippen LogP contribution in [0, 0.1) is 0 Å². The van der Waals surface area contributed by atoms with E-state index < -0.39 is 0 Å². The number of carbonyl (C=O) groups is 1. The van der Waals surface area contributed by atoms with Gasteiger partial charge < -0.3 is 0 Å². The van der Waals surface area contributed by atoms with Gasteiger partial charge in [-0.05, 0) is 38.7 Å². The summed E-state index contributed by atoms with van der Waals surface area (Å²) in [4.78, 5) is 11.3. The zero-order valence-electron chi connectivity index (χ0n) is 7.44. The highest BCUT2D eigenvalue weighted by Crippen LogP contribution is 2.19. The minimum absolute atomic E-state index is 0.363. The molecule has 0 aromatic rings. The van der Waals surface area contributed by atoms with E-state index in [9.17, 15) is 4.79 Å². The lowest BCUT2D eigenvalue weighted by molar-refractivity contribution is -0.115. The summed E-state index contributed by atoms with van der Waals surface area (Å²) in [6, 6.07) is 0. The second-order valence-electron chi connectivity index (χ2n) is 3.39. The first-order valence-corrected chi connectivity index (χ1v) is 4.41. The molecule has 11 heavy (non-hydrogen) atoms. The highest BCUT2D eigenvalue weighted by atomic mass is 16.1. The Morgan fingerprint density at radius 3 is 2.36 bits per heavy atom. The van der Waals surface area contributed by atoms with Crippen LogP contribution in [-0.4, -0.2) is 5.78 Å². The molecule has 0 spiro atoms. The third-order valence-corrected chi connectivity index (χ3v) is 2.51. The van der Waals surface area contributed by atoms with Crippen molar-refractivity contribution in [1.82, 2.24) is 0 Å². The molecule has 1 heteroatoms. The van der Waals surface area contributed by atoms with Crippen molar-refractivity contribution in [3.8, 4) is 0 Å². The van der Waals surface area contributed by atoms with E-state index in [1.165, 1.54) is 18.4 Å². The smallest absolute Gasteiger partial charge is 0.158 e. The third kappa shape index (κ3) is 2.18. The Hall–Kier alpha value is -0.590. The van der Waals surface area contributed by atoms with Gasteiger partial charge in [0.1, 0.15) is 0 Å². The first-order valence-electron chi connectivity index (χ1n) is 4.41. The van der Waals surface area contributed by atoms with Gasteiger partial charge in [0, 0.05) is 6.42 Å². The summed E-state index contributed by atoms with van der Waals surface area (Å²) in [6.45, 7) is 4.04. The molecule has 0 aliphatic heterocycles. The molecule has 0 fully saturated rings. The number of hydrogen-bond acceptors (Lipinski definition) is 1. The van der Waals surface area contributed by atoms with Crippen molar-refractivity contribution < 1.29 is 4.79 Å². The number of Topliss-reactive ketones (excluding diaryl/α,β-unsaturated/α-hetero) is 1. The van der Waals surface area contributed by atoms with Gasteiger partial charge in [-0.2, -0.15) is 0 Å². The fourth-order valence-corrected chi connectivity index (χ4v) is 1.47. The molecule has 0 heterocycles. The number of carbonyl (C=O) groups excluding carboxylic acids is 1. The number of rotatable bonds is 0. The van der Waals surface area contributed by atoms with E-state index >= 15 is 0 Å². The van der Waals surface area contributed by atoms with E-state index in [2.05, 4.69) is 6.92 Å². The van der Waals surface area contributed by atoms with Crippen LogP contribution in [0.5, 0.6) is 0 Å². The molecule has 1 aliphatic rings. The Balaban J connectivity index is 2.74. The zero-order valence-corrected chi connectivity index (χ0v) is 7.44. The van der Waals surface area contributed by atoms with E-state index in [4.69, 9.17) is 0 Å². The van der Waals surface area contributed by atoms with Crippen molar-refractivity contribution in [3.05, 3.63) is 11.1 Å². The Morgan fingerprint density at radius 1 is 1.00 bits per heavy atom. The average molecular weight is 152 g/mol. The molecule has 0 aromatic carbocycles. The lowest BCUT2D eigenvalue weighted by Crippen LogP contribution is -2.04. The topological polar surface area (TPSA) is 17.1 Å². The van der Waals surface area contributed by atoms with Crippen LogP contribution in [0.4, 0.5) is 0 Å². The Morgan fingerprint density at radius 2 is 1.64 bits per heavy atom.